The lowest BCUT2D eigenvalue weighted by Crippen LogP contribution is -2.39. The Hall–Kier alpha value is -4.33. The third-order valence-electron chi connectivity index (χ3n) is 7.78. The van der Waals surface area contributed by atoms with Crippen molar-refractivity contribution in [2.24, 2.45) is 0 Å². The fourth-order valence-corrected chi connectivity index (χ4v) is 6.84. The van der Waals surface area contributed by atoms with E-state index in [1.807, 2.05) is 84.9 Å². The number of rotatable bonds is 8. The van der Waals surface area contributed by atoms with Gasteiger partial charge >= 0.3 is 0 Å². The highest BCUT2D eigenvalue weighted by molar-refractivity contribution is 9.10. The molecule has 2 aromatic heterocycles. The van der Waals surface area contributed by atoms with Crippen LogP contribution in [-0.4, -0.2) is 25.5 Å². The first-order chi connectivity index (χ1) is 21.2. The molecule has 7 aromatic rings. The van der Waals surface area contributed by atoms with Crippen LogP contribution >= 0.6 is 31.9 Å². The molecule has 0 saturated heterocycles. The molecule has 0 aliphatic heterocycles. The van der Waals surface area contributed by atoms with Gasteiger partial charge in [-0.3, -0.25) is 0 Å². The molecular formula is C36H26Br2N4O. The zero-order chi connectivity index (χ0) is 29.2. The van der Waals surface area contributed by atoms with Gasteiger partial charge in [-0.25, -0.2) is 0 Å². The number of fused-ring (bicyclic) bond motifs is 1. The van der Waals surface area contributed by atoms with Crippen LogP contribution in [0.25, 0.3) is 33.7 Å². The number of benzene rings is 5. The van der Waals surface area contributed by atoms with E-state index < -0.39 is 5.54 Å². The molecule has 0 aliphatic carbocycles. The molecule has 0 saturated carbocycles. The summed E-state index contributed by atoms with van der Waals surface area (Å²) in [4.78, 5) is 1.75. The van der Waals surface area contributed by atoms with E-state index in [0.717, 1.165) is 60.8 Å². The lowest BCUT2D eigenvalue weighted by atomic mass is 9.77. The van der Waals surface area contributed by atoms with Crippen LogP contribution < -0.4 is 0 Å². The fourth-order valence-electron chi connectivity index (χ4n) is 5.78. The summed E-state index contributed by atoms with van der Waals surface area (Å²) in [6.45, 7) is 0. The smallest absolute Gasteiger partial charge is 0.205 e. The van der Waals surface area contributed by atoms with E-state index in [1.165, 1.54) is 5.56 Å². The Morgan fingerprint density at radius 2 is 1.23 bits per heavy atom. The Bertz CT molecular complexity index is 1910. The van der Waals surface area contributed by atoms with Crippen molar-refractivity contribution in [2.75, 3.05) is 5.33 Å². The Balaban J connectivity index is 1.42. The van der Waals surface area contributed by atoms with Crippen LogP contribution in [0.1, 0.15) is 22.3 Å². The van der Waals surface area contributed by atoms with E-state index in [1.54, 1.807) is 4.80 Å². The van der Waals surface area contributed by atoms with E-state index >= 15 is 0 Å². The minimum Gasteiger partial charge on any atom is -0.455 e. The average molecular weight is 690 g/mol. The molecular weight excluding hydrogens is 664 g/mol. The zero-order valence-corrected chi connectivity index (χ0v) is 26.2. The average Bonchev–Trinajstić information content (AvgIpc) is 3.68. The quantitative estimate of drug-likeness (QED) is 0.118. The van der Waals surface area contributed by atoms with Gasteiger partial charge in [-0.05, 0) is 62.0 Å². The maximum absolute atomic E-state index is 6.42. The summed E-state index contributed by atoms with van der Waals surface area (Å²) in [7, 11) is 0. The molecule has 5 aromatic carbocycles. The molecule has 43 heavy (non-hydrogen) atoms. The Labute approximate surface area is 266 Å². The minimum absolute atomic E-state index is 0.509. The predicted molar refractivity (Wildman–Crippen MR) is 178 cm³/mol. The topological polar surface area (TPSA) is 56.7 Å². The van der Waals surface area contributed by atoms with Crippen LogP contribution in [0.2, 0.25) is 0 Å². The second-order valence-electron chi connectivity index (χ2n) is 10.3. The molecule has 0 unspecified atom stereocenters. The van der Waals surface area contributed by atoms with E-state index in [2.05, 4.69) is 85.5 Å². The number of furan rings is 1. The summed E-state index contributed by atoms with van der Waals surface area (Å²) in [5.41, 5.74) is 6.03. The Morgan fingerprint density at radius 1 is 0.674 bits per heavy atom. The van der Waals surface area contributed by atoms with Gasteiger partial charge in [-0.1, -0.05) is 137 Å². The fraction of sp³-hybridized carbons (Fsp3) is 0.0833. The number of alkyl halides is 1. The summed E-state index contributed by atoms with van der Waals surface area (Å²) in [6.07, 6.45) is 0.943. The van der Waals surface area contributed by atoms with Crippen LogP contribution in [0.15, 0.2) is 142 Å². The maximum Gasteiger partial charge on any atom is 0.205 e. The molecule has 0 aliphatic rings. The summed E-state index contributed by atoms with van der Waals surface area (Å²) in [5.74, 6) is 1.24. The van der Waals surface area contributed by atoms with Gasteiger partial charge in [0.2, 0.25) is 5.82 Å². The van der Waals surface area contributed by atoms with Crippen LogP contribution in [0, 0.1) is 0 Å². The number of tetrazole rings is 1. The van der Waals surface area contributed by atoms with Crippen molar-refractivity contribution in [2.45, 2.75) is 12.0 Å². The van der Waals surface area contributed by atoms with Gasteiger partial charge in [0.25, 0.3) is 0 Å². The summed E-state index contributed by atoms with van der Waals surface area (Å²) >= 11 is 7.39. The van der Waals surface area contributed by atoms with Gasteiger partial charge < -0.3 is 4.42 Å². The maximum atomic E-state index is 6.42. The molecule has 0 radical (unpaired) electrons. The van der Waals surface area contributed by atoms with Crippen molar-refractivity contribution in [3.63, 3.8) is 0 Å². The summed E-state index contributed by atoms with van der Waals surface area (Å²) in [5, 5.41) is 16.5. The van der Waals surface area contributed by atoms with Crippen LogP contribution in [0.3, 0.4) is 0 Å². The van der Waals surface area contributed by atoms with Gasteiger partial charge in [0, 0.05) is 21.8 Å². The highest BCUT2D eigenvalue weighted by atomic mass is 79.9. The van der Waals surface area contributed by atoms with Crippen molar-refractivity contribution >= 4 is 42.8 Å². The number of hydrogen-bond acceptors (Lipinski definition) is 4. The number of nitrogens with zero attached hydrogens (tertiary/aromatic N) is 4. The molecule has 0 amide bonds. The Kier molecular flexibility index (Phi) is 7.51. The van der Waals surface area contributed by atoms with E-state index in [-0.39, 0.29) is 0 Å². The number of halogens is 2. The zero-order valence-electron chi connectivity index (χ0n) is 23.1. The first-order valence-corrected chi connectivity index (χ1v) is 16.0. The molecule has 0 bridgehead atoms. The lowest BCUT2D eigenvalue weighted by molar-refractivity contribution is 0.396. The third kappa shape index (κ3) is 4.82. The van der Waals surface area contributed by atoms with Gasteiger partial charge in [0.05, 0.1) is 4.47 Å². The van der Waals surface area contributed by atoms with Gasteiger partial charge in [0.15, 0.2) is 5.54 Å². The molecule has 5 nitrogen and oxygen atoms in total. The van der Waals surface area contributed by atoms with E-state index in [9.17, 15) is 0 Å². The molecule has 0 spiro atoms. The first kappa shape index (κ1) is 27.5. The molecule has 210 valence electrons. The van der Waals surface area contributed by atoms with Gasteiger partial charge in [-0.2, -0.15) is 0 Å². The molecule has 2 heterocycles. The third-order valence-corrected chi connectivity index (χ3v) is 8.96. The highest BCUT2D eigenvalue weighted by Crippen LogP contribution is 2.43. The standard InChI is InChI=1S/C36H26Br2N4O/c37-23-22-25-20-21-32-31(24-25)33(38)34(43-32)29-18-10-11-19-30(29)35-39-41-42(40-35)36(26-12-4-1-5-13-26,27-14-6-2-7-15-27)28-16-8-3-9-17-28/h1-21,24H,22-23H2. The SMILES string of the molecule is BrCCc1ccc2oc(-c3ccccc3-c3nnn(C(c4ccccc4)(c4ccccc4)c4ccccc4)n3)c(Br)c2c1. The lowest BCUT2D eigenvalue weighted by Gasteiger charge is -2.34. The number of aromatic nitrogens is 4. The van der Waals surface area contributed by atoms with Gasteiger partial charge in [-0.15, -0.1) is 15.0 Å². The van der Waals surface area contributed by atoms with E-state index in [0.29, 0.717) is 5.82 Å². The second-order valence-corrected chi connectivity index (χ2v) is 11.9. The summed E-state index contributed by atoms with van der Waals surface area (Å²) in [6, 6.07) is 45.4. The monoisotopic (exact) mass is 688 g/mol. The molecule has 7 heteroatoms. The minimum atomic E-state index is -0.851. The second kappa shape index (κ2) is 11.7. The molecule has 0 fully saturated rings. The molecule has 0 N–H and O–H groups in total. The van der Waals surface area contributed by atoms with Crippen LogP contribution in [-0.2, 0) is 12.0 Å². The molecule has 0 atom stereocenters. The van der Waals surface area contributed by atoms with Crippen molar-refractivity contribution in [3.05, 3.63) is 160 Å². The van der Waals surface area contributed by atoms with Crippen molar-refractivity contribution in [1.82, 2.24) is 20.2 Å². The van der Waals surface area contributed by atoms with Crippen LogP contribution in [0.5, 0.6) is 0 Å². The van der Waals surface area contributed by atoms with Gasteiger partial charge in [0.1, 0.15) is 11.3 Å². The molecule has 7 rings (SSSR count). The Morgan fingerprint density at radius 3 is 1.81 bits per heavy atom. The van der Waals surface area contributed by atoms with Crippen molar-refractivity contribution in [3.8, 4) is 22.7 Å². The first-order valence-electron chi connectivity index (χ1n) is 14.0. The van der Waals surface area contributed by atoms with Crippen molar-refractivity contribution < 1.29 is 4.42 Å². The highest BCUT2D eigenvalue weighted by Gasteiger charge is 2.41. The van der Waals surface area contributed by atoms with E-state index in [4.69, 9.17) is 14.7 Å². The number of aryl methyl sites for hydroxylation is 1. The normalized spacial score (nSPS) is 11.7. The number of hydrogen-bond donors (Lipinski definition) is 0. The van der Waals surface area contributed by atoms with Crippen LogP contribution in [0.4, 0.5) is 0 Å². The largest absolute Gasteiger partial charge is 0.455 e. The predicted octanol–water partition coefficient (Wildman–Crippen LogP) is 9.29. The van der Waals surface area contributed by atoms with Crippen molar-refractivity contribution in [1.29, 1.82) is 0 Å². The summed E-state index contributed by atoms with van der Waals surface area (Å²) < 4.78 is 7.33.